The fraction of sp³-hybridized carbons (Fsp3) is 0.182. The Bertz CT molecular complexity index is 1030. The van der Waals surface area contributed by atoms with E-state index >= 15 is 0 Å². The number of rotatable bonds is 7. The summed E-state index contributed by atoms with van der Waals surface area (Å²) < 4.78 is 21.4. The summed E-state index contributed by atoms with van der Waals surface area (Å²) in [5, 5.41) is 0.381. The summed E-state index contributed by atoms with van der Waals surface area (Å²) in [6.07, 6.45) is 2.90. The quantitative estimate of drug-likeness (QED) is 0.397. The molecule has 0 atom stereocenters. The van der Waals surface area contributed by atoms with Gasteiger partial charge in [0.25, 0.3) is 0 Å². The number of methoxy groups -OCH3 is 2. The third-order valence-corrected chi connectivity index (χ3v) is 4.41. The first-order valence-corrected chi connectivity index (χ1v) is 9.17. The lowest BCUT2D eigenvalue weighted by molar-refractivity contribution is -0.139. The molecular weight excluding hydrogens is 394 g/mol. The molecule has 6 nitrogen and oxygen atoms in total. The summed E-state index contributed by atoms with van der Waals surface area (Å²) in [6, 6.07) is 12.9. The van der Waals surface area contributed by atoms with E-state index in [4.69, 9.17) is 30.2 Å². The summed E-state index contributed by atoms with van der Waals surface area (Å²) in [5.41, 5.74) is 2.10. The van der Waals surface area contributed by atoms with Crippen molar-refractivity contribution in [1.29, 1.82) is 0 Å². The summed E-state index contributed by atoms with van der Waals surface area (Å²) in [7, 11) is 3.02. The van der Waals surface area contributed by atoms with E-state index in [9.17, 15) is 4.79 Å². The summed E-state index contributed by atoms with van der Waals surface area (Å²) in [4.78, 5) is 16.5. The molecule has 3 rings (SSSR count). The molecule has 0 radical (unpaired) electrons. The molecule has 0 aliphatic carbocycles. The van der Waals surface area contributed by atoms with Gasteiger partial charge >= 0.3 is 5.97 Å². The van der Waals surface area contributed by atoms with Crippen LogP contribution in [0, 0.1) is 6.92 Å². The molecule has 0 bridgehead atoms. The van der Waals surface area contributed by atoms with Gasteiger partial charge in [0.05, 0.1) is 19.2 Å². The fourth-order valence-corrected chi connectivity index (χ4v) is 2.95. The third-order valence-electron chi connectivity index (χ3n) is 4.13. The molecule has 3 aromatic rings. The molecule has 1 heterocycles. The van der Waals surface area contributed by atoms with E-state index in [0.717, 1.165) is 5.56 Å². The molecule has 7 heteroatoms. The van der Waals surface area contributed by atoms with Crippen LogP contribution in [0.25, 0.3) is 17.5 Å². The number of nitrogens with zero attached hydrogens (tertiary/aromatic N) is 1. The summed E-state index contributed by atoms with van der Waals surface area (Å²) in [6.45, 7) is 1.79. The molecule has 1 aromatic heterocycles. The maximum atomic E-state index is 12.1. The molecule has 0 N–H and O–H groups in total. The number of oxazole rings is 1. The Morgan fingerprint density at radius 3 is 2.62 bits per heavy atom. The Morgan fingerprint density at radius 1 is 1.17 bits per heavy atom. The lowest BCUT2D eigenvalue weighted by Gasteiger charge is -2.10. The first-order chi connectivity index (χ1) is 14.0. The normalized spacial score (nSPS) is 10.9. The van der Waals surface area contributed by atoms with Crippen LogP contribution in [0.5, 0.6) is 11.5 Å². The Balaban J connectivity index is 1.65. The Hall–Kier alpha value is -3.25. The first-order valence-electron chi connectivity index (χ1n) is 8.80. The van der Waals surface area contributed by atoms with Crippen molar-refractivity contribution in [2.45, 2.75) is 13.5 Å². The number of aromatic nitrogens is 1. The van der Waals surface area contributed by atoms with Gasteiger partial charge in [-0.1, -0.05) is 29.8 Å². The van der Waals surface area contributed by atoms with Crippen molar-refractivity contribution in [2.24, 2.45) is 0 Å². The maximum absolute atomic E-state index is 12.1. The molecule has 0 unspecified atom stereocenters. The van der Waals surface area contributed by atoms with E-state index in [1.165, 1.54) is 20.3 Å². The van der Waals surface area contributed by atoms with E-state index in [0.29, 0.717) is 39.4 Å². The highest BCUT2D eigenvalue weighted by atomic mass is 35.5. The van der Waals surface area contributed by atoms with Gasteiger partial charge in [-0.2, -0.15) is 0 Å². The van der Waals surface area contributed by atoms with Crippen LogP contribution in [0.4, 0.5) is 0 Å². The highest BCUT2D eigenvalue weighted by Crippen LogP contribution is 2.36. The van der Waals surface area contributed by atoms with Gasteiger partial charge in [-0.15, -0.1) is 0 Å². The predicted molar refractivity (Wildman–Crippen MR) is 110 cm³/mol. The zero-order valence-corrected chi connectivity index (χ0v) is 17.0. The van der Waals surface area contributed by atoms with Gasteiger partial charge in [-0.25, -0.2) is 9.78 Å². The van der Waals surface area contributed by atoms with Gasteiger partial charge < -0.3 is 18.6 Å². The van der Waals surface area contributed by atoms with Gasteiger partial charge in [0, 0.05) is 11.6 Å². The van der Waals surface area contributed by atoms with E-state index < -0.39 is 5.97 Å². The number of carbonyl (C=O) groups excluding carboxylic acids is 1. The van der Waals surface area contributed by atoms with Crippen molar-refractivity contribution in [3.63, 3.8) is 0 Å². The van der Waals surface area contributed by atoms with Crippen LogP contribution in [-0.4, -0.2) is 25.2 Å². The number of benzene rings is 2. The second-order valence-electron chi connectivity index (χ2n) is 6.07. The Kier molecular flexibility index (Phi) is 6.57. The van der Waals surface area contributed by atoms with Crippen molar-refractivity contribution in [3.8, 4) is 23.0 Å². The SMILES string of the molecule is COc1cc(/C=C/C(=O)OCc2nc(-c3ccccc3)oc2C)cc(Cl)c1OC. The molecule has 0 saturated heterocycles. The van der Waals surface area contributed by atoms with Crippen LogP contribution in [0.3, 0.4) is 0 Å². The maximum Gasteiger partial charge on any atom is 0.331 e. The topological polar surface area (TPSA) is 70.8 Å². The number of halogens is 1. The smallest absolute Gasteiger partial charge is 0.331 e. The molecule has 0 amide bonds. The molecule has 0 saturated carbocycles. The molecule has 150 valence electrons. The Labute approximate surface area is 173 Å². The van der Waals surface area contributed by atoms with Crippen LogP contribution >= 0.6 is 11.6 Å². The van der Waals surface area contributed by atoms with Crippen molar-refractivity contribution < 1.29 is 23.4 Å². The predicted octanol–water partition coefficient (Wildman–Crippen LogP) is 5.08. The number of ether oxygens (including phenoxy) is 3. The minimum atomic E-state index is -0.514. The van der Waals surface area contributed by atoms with Crippen LogP contribution in [-0.2, 0) is 16.1 Å². The second kappa shape index (κ2) is 9.30. The van der Waals surface area contributed by atoms with Crippen molar-refractivity contribution in [2.75, 3.05) is 14.2 Å². The molecule has 0 aliphatic heterocycles. The summed E-state index contributed by atoms with van der Waals surface area (Å²) in [5.74, 6) is 1.49. The van der Waals surface area contributed by atoms with E-state index in [1.807, 2.05) is 30.3 Å². The number of hydrogen-bond acceptors (Lipinski definition) is 6. The highest BCUT2D eigenvalue weighted by molar-refractivity contribution is 6.32. The van der Waals surface area contributed by atoms with Gasteiger partial charge in [0.1, 0.15) is 18.1 Å². The lowest BCUT2D eigenvalue weighted by Crippen LogP contribution is -2.02. The van der Waals surface area contributed by atoms with Gasteiger partial charge in [-0.3, -0.25) is 0 Å². The molecular formula is C22H20ClNO5. The van der Waals surface area contributed by atoms with E-state index in [1.54, 1.807) is 25.1 Å². The van der Waals surface area contributed by atoms with Crippen LogP contribution < -0.4 is 9.47 Å². The average Bonchev–Trinajstić information content (AvgIpc) is 3.11. The molecule has 2 aromatic carbocycles. The molecule has 29 heavy (non-hydrogen) atoms. The largest absolute Gasteiger partial charge is 0.493 e. The van der Waals surface area contributed by atoms with Gasteiger partial charge in [0.2, 0.25) is 5.89 Å². The summed E-state index contributed by atoms with van der Waals surface area (Å²) >= 11 is 6.17. The lowest BCUT2D eigenvalue weighted by atomic mass is 10.2. The molecule has 0 spiro atoms. The minimum absolute atomic E-state index is 0.0119. The van der Waals surface area contributed by atoms with E-state index in [-0.39, 0.29) is 6.61 Å². The van der Waals surface area contributed by atoms with E-state index in [2.05, 4.69) is 4.98 Å². The fourth-order valence-electron chi connectivity index (χ4n) is 2.65. The monoisotopic (exact) mass is 413 g/mol. The zero-order valence-electron chi connectivity index (χ0n) is 16.3. The molecule has 0 fully saturated rings. The van der Waals surface area contributed by atoms with Crippen molar-refractivity contribution in [1.82, 2.24) is 4.98 Å². The van der Waals surface area contributed by atoms with Crippen LogP contribution in [0.2, 0.25) is 5.02 Å². The first kappa shape index (κ1) is 20.5. The van der Waals surface area contributed by atoms with Crippen LogP contribution in [0.15, 0.2) is 53.0 Å². The Morgan fingerprint density at radius 2 is 1.93 bits per heavy atom. The standard InChI is InChI=1S/C22H20ClNO5/c1-14-18(24-22(29-14)16-7-5-4-6-8-16)13-28-20(25)10-9-15-11-17(23)21(27-3)19(12-15)26-2/h4-12H,13H2,1-3H3/b10-9+. The number of hydrogen-bond donors (Lipinski definition) is 0. The van der Waals surface area contributed by atoms with Crippen molar-refractivity contribution in [3.05, 3.63) is 70.6 Å². The number of esters is 1. The van der Waals surface area contributed by atoms with Crippen molar-refractivity contribution >= 4 is 23.6 Å². The zero-order chi connectivity index (χ0) is 20.8. The average molecular weight is 414 g/mol. The third kappa shape index (κ3) is 4.97. The number of carbonyl (C=O) groups is 1. The minimum Gasteiger partial charge on any atom is -0.493 e. The van der Waals surface area contributed by atoms with Gasteiger partial charge in [0.15, 0.2) is 11.5 Å². The van der Waals surface area contributed by atoms with Crippen LogP contribution in [0.1, 0.15) is 17.0 Å². The second-order valence-corrected chi connectivity index (χ2v) is 6.47. The van der Waals surface area contributed by atoms with Gasteiger partial charge in [-0.05, 0) is 42.8 Å². The highest BCUT2D eigenvalue weighted by Gasteiger charge is 2.13. The molecule has 0 aliphatic rings. The number of aryl methyl sites for hydroxylation is 1.